The van der Waals surface area contributed by atoms with Crippen LogP contribution in [0.4, 0.5) is 5.82 Å². The summed E-state index contributed by atoms with van der Waals surface area (Å²) in [6, 6.07) is 10.6. The van der Waals surface area contributed by atoms with Gasteiger partial charge in [0.15, 0.2) is 11.5 Å². The van der Waals surface area contributed by atoms with Gasteiger partial charge in [-0.15, -0.1) is 10.2 Å². The first-order chi connectivity index (χ1) is 24.8. The maximum Gasteiger partial charge on any atom is 0.305 e. The molecule has 0 radical (unpaired) electrons. The number of amides is 2. The highest BCUT2D eigenvalue weighted by Crippen LogP contribution is 2.27. The number of ether oxygens (including phenoxy) is 5. The fraction of sp³-hybridized carbons (Fsp3) is 0.600. The van der Waals surface area contributed by atoms with E-state index in [0.29, 0.717) is 101 Å². The Morgan fingerprint density at radius 2 is 1.51 bits per heavy atom. The summed E-state index contributed by atoms with van der Waals surface area (Å²) in [7, 11) is 0. The minimum absolute atomic E-state index is 0.0101. The van der Waals surface area contributed by atoms with Crippen LogP contribution in [0.1, 0.15) is 61.0 Å². The van der Waals surface area contributed by atoms with Gasteiger partial charge in [0.2, 0.25) is 5.91 Å². The third-order valence-corrected chi connectivity index (χ3v) is 8.88. The van der Waals surface area contributed by atoms with Gasteiger partial charge >= 0.3 is 5.97 Å². The highest BCUT2D eigenvalue weighted by atomic mass is 35.5. The molecule has 4 rings (SSSR count). The number of nitrogens with one attached hydrogen (secondary N) is 2. The molecular formula is C35H47ClN6O9. The van der Waals surface area contributed by atoms with Crippen molar-refractivity contribution < 1.29 is 43.2 Å². The molecule has 2 aromatic rings. The summed E-state index contributed by atoms with van der Waals surface area (Å²) < 4.78 is 27.5. The van der Waals surface area contributed by atoms with Gasteiger partial charge in [-0.05, 0) is 62.8 Å². The van der Waals surface area contributed by atoms with E-state index < -0.39 is 5.97 Å². The number of piperidine rings is 1. The molecule has 0 unspecified atom stereocenters. The molecule has 51 heavy (non-hydrogen) atoms. The van der Waals surface area contributed by atoms with E-state index in [1.807, 2.05) is 6.07 Å². The lowest BCUT2D eigenvalue weighted by molar-refractivity contribution is -0.138. The second kappa shape index (κ2) is 22.0. The SMILES string of the molecule is N#Cc1ccc(O[C@H]2CC[C@H](NC(=O)c3ccc(N4CCC(C(=O)NCCOCCOCCOCCOCCC(=O)O)CC4)nn3)CC2)cc1Cl. The van der Waals surface area contributed by atoms with E-state index >= 15 is 0 Å². The number of halogens is 1. The van der Waals surface area contributed by atoms with Gasteiger partial charge in [0, 0.05) is 37.7 Å². The molecule has 0 spiro atoms. The van der Waals surface area contributed by atoms with Crippen LogP contribution >= 0.6 is 11.6 Å². The number of carbonyl (C=O) groups is 3. The molecular weight excluding hydrogens is 684 g/mol. The van der Waals surface area contributed by atoms with Crippen LogP contribution in [-0.4, -0.2) is 118 Å². The summed E-state index contributed by atoms with van der Waals surface area (Å²) >= 11 is 6.12. The van der Waals surface area contributed by atoms with Gasteiger partial charge in [-0.2, -0.15) is 5.26 Å². The predicted octanol–water partition coefficient (Wildman–Crippen LogP) is 3.00. The predicted molar refractivity (Wildman–Crippen MR) is 186 cm³/mol. The normalized spacial score (nSPS) is 17.8. The van der Waals surface area contributed by atoms with Crippen molar-refractivity contribution in [2.45, 2.75) is 57.1 Å². The average molecular weight is 731 g/mol. The second-order valence-corrected chi connectivity index (χ2v) is 12.6. The van der Waals surface area contributed by atoms with E-state index in [1.165, 1.54) is 0 Å². The third-order valence-electron chi connectivity index (χ3n) is 8.57. The largest absolute Gasteiger partial charge is 0.490 e. The van der Waals surface area contributed by atoms with Gasteiger partial charge in [0.1, 0.15) is 11.8 Å². The van der Waals surface area contributed by atoms with Crippen molar-refractivity contribution in [1.82, 2.24) is 20.8 Å². The first kappa shape index (κ1) is 39.7. The van der Waals surface area contributed by atoms with E-state index in [9.17, 15) is 14.4 Å². The van der Waals surface area contributed by atoms with Crippen LogP contribution in [0.3, 0.4) is 0 Å². The van der Waals surface area contributed by atoms with Crippen molar-refractivity contribution in [3.63, 3.8) is 0 Å². The number of nitrogens with zero attached hydrogens (tertiary/aromatic N) is 4. The van der Waals surface area contributed by atoms with Crippen molar-refractivity contribution >= 4 is 35.2 Å². The number of benzene rings is 1. The topological polar surface area (TPSA) is 194 Å². The van der Waals surface area contributed by atoms with Crippen molar-refractivity contribution in [3.05, 3.63) is 46.6 Å². The van der Waals surface area contributed by atoms with E-state index in [2.05, 4.69) is 25.7 Å². The Hall–Kier alpha value is -4.07. The van der Waals surface area contributed by atoms with Crippen molar-refractivity contribution in [1.29, 1.82) is 5.26 Å². The molecule has 16 heteroatoms. The third kappa shape index (κ3) is 14.2. The lowest BCUT2D eigenvalue weighted by atomic mass is 9.93. The Labute approximate surface area is 302 Å². The van der Waals surface area contributed by atoms with Crippen molar-refractivity contribution in [2.75, 3.05) is 77.4 Å². The first-order valence-electron chi connectivity index (χ1n) is 17.4. The van der Waals surface area contributed by atoms with E-state index in [1.54, 1.807) is 30.3 Å². The van der Waals surface area contributed by atoms with Crippen LogP contribution in [0.25, 0.3) is 0 Å². The molecule has 2 heterocycles. The Kier molecular flexibility index (Phi) is 17.1. The molecule has 1 aromatic carbocycles. The smallest absolute Gasteiger partial charge is 0.305 e. The average Bonchev–Trinajstić information content (AvgIpc) is 3.14. The quantitative estimate of drug-likeness (QED) is 0.159. The molecule has 278 valence electrons. The molecule has 2 amide bonds. The number of hydrogen-bond donors (Lipinski definition) is 3. The van der Waals surface area contributed by atoms with Crippen LogP contribution in [0.5, 0.6) is 5.75 Å². The molecule has 15 nitrogen and oxygen atoms in total. The number of nitriles is 1. The number of hydrogen-bond acceptors (Lipinski definition) is 12. The monoisotopic (exact) mass is 730 g/mol. The number of aliphatic carboxylic acids is 1. The highest BCUT2D eigenvalue weighted by Gasteiger charge is 2.27. The molecule has 1 aliphatic carbocycles. The lowest BCUT2D eigenvalue weighted by Crippen LogP contribution is -2.42. The maximum atomic E-state index is 12.9. The standard InChI is InChI=1S/C35H47ClN6O9/c36-30-23-29(4-1-26(30)24-37)51-28-5-2-27(3-6-28)39-35(46)31-7-8-32(41-40-31)42-13-9-25(10-14-42)34(45)38-12-16-48-18-20-50-22-21-49-19-17-47-15-11-33(43)44/h1,4,7-8,23,25,27-28H,2-3,5-6,9-22H2,(H,38,45)(H,39,46)(H,43,44)/t27-,28-. The van der Waals surface area contributed by atoms with E-state index in [4.69, 9.17) is 45.7 Å². The molecule has 1 aliphatic heterocycles. The number of anilines is 1. The van der Waals surface area contributed by atoms with Crippen LogP contribution in [0.2, 0.25) is 5.02 Å². The molecule has 0 bridgehead atoms. The number of rotatable bonds is 21. The van der Waals surface area contributed by atoms with Gasteiger partial charge in [0.25, 0.3) is 5.91 Å². The fourth-order valence-electron chi connectivity index (χ4n) is 5.73. The van der Waals surface area contributed by atoms with Crippen molar-refractivity contribution in [2.24, 2.45) is 5.92 Å². The molecule has 2 fully saturated rings. The Morgan fingerprint density at radius 3 is 2.10 bits per heavy atom. The summed E-state index contributed by atoms with van der Waals surface area (Å²) in [5.74, 6) is 0.0778. The first-order valence-corrected chi connectivity index (χ1v) is 17.8. The molecule has 1 saturated heterocycles. The van der Waals surface area contributed by atoms with Crippen LogP contribution in [0.15, 0.2) is 30.3 Å². The summed E-state index contributed by atoms with van der Waals surface area (Å²) in [5, 5.41) is 32.4. The van der Waals surface area contributed by atoms with Crippen LogP contribution in [0, 0.1) is 17.2 Å². The summed E-state index contributed by atoms with van der Waals surface area (Å²) in [6.45, 7) is 4.66. The van der Waals surface area contributed by atoms with Crippen LogP contribution < -0.4 is 20.3 Å². The maximum absolute atomic E-state index is 12.9. The minimum Gasteiger partial charge on any atom is -0.490 e. The molecule has 2 aliphatic rings. The zero-order valence-electron chi connectivity index (χ0n) is 28.7. The van der Waals surface area contributed by atoms with Crippen LogP contribution in [-0.2, 0) is 28.5 Å². The van der Waals surface area contributed by atoms with Gasteiger partial charge < -0.3 is 44.3 Å². The van der Waals surface area contributed by atoms with Gasteiger partial charge in [-0.3, -0.25) is 14.4 Å². The molecule has 1 saturated carbocycles. The zero-order chi connectivity index (χ0) is 36.3. The molecule has 1 aromatic heterocycles. The Balaban J connectivity index is 1.01. The minimum atomic E-state index is -0.890. The summed E-state index contributed by atoms with van der Waals surface area (Å²) in [6.07, 6.45) is 4.46. The number of carboxylic acid groups (broad SMARTS) is 1. The number of carbonyl (C=O) groups excluding carboxylic acids is 2. The lowest BCUT2D eigenvalue weighted by Gasteiger charge is -2.32. The number of carboxylic acids is 1. The highest BCUT2D eigenvalue weighted by molar-refractivity contribution is 6.31. The van der Waals surface area contributed by atoms with Gasteiger partial charge in [-0.25, -0.2) is 0 Å². The summed E-state index contributed by atoms with van der Waals surface area (Å²) in [4.78, 5) is 38.0. The van der Waals surface area contributed by atoms with E-state index in [0.717, 1.165) is 25.7 Å². The van der Waals surface area contributed by atoms with Gasteiger partial charge in [0.05, 0.1) is 76.0 Å². The fourth-order valence-corrected chi connectivity index (χ4v) is 5.95. The number of aromatic nitrogens is 2. The second-order valence-electron chi connectivity index (χ2n) is 12.2. The Bertz CT molecular complexity index is 1430. The summed E-state index contributed by atoms with van der Waals surface area (Å²) in [5.41, 5.74) is 0.669. The van der Waals surface area contributed by atoms with E-state index in [-0.39, 0.29) is 48.6 Å². The molecule has 0 atom stereocenters. The zero-order valence-corrected chi connectivity index (χ0v) is 29.5. The van der Waals surface area contributed by atoms with Gasteiger partial charge in [-0.1, -0.05) is 11.6 Å². The Morgan fingerprint density at radius 1 is 0.863 bits per heavy atom. The molecule has 3 N–H and O–H groups in total. The van der Waals surface area contributed by atoms with Crippen molar-refractivity contribution in [3.8, 4) is 11.8 Å².